The number of pyridine rings is 1. The SMILES string of the molecule is O=c1n(Cc2ccnc(Cl)c2)cc(O)n1-c1ccc(SC(F)(F)F)cc1. The number of nitrogens with zero attached hydrogens (tertiary/aromatic N) is 3. The Bertz CT molecular complexity index is 984. The highest BCUT2D eigenvalue weighted by Gasteiger charge is 2.29. The van der Waals surface area contributed by atoms with Crippen LogP contribution in [0.3, 0.4) is 0 Å². The van der Waals surface area contributed by atoms with Gasteiger partial charge in [-0.05, 0) is 53.7 Å². The number of aromatic hydroxyl groups is 1. The van der Waals surface area contributed by atoms with Gasteiger partial charge in [0, 0.05) is 11.1 Å². The van der Waals surface area contributed by atoms with Crippen LogP contribution in [0.15, 0.2) is 58.5 Å². The molecule has 0 radical (unpaired) electrons. The van der Waals surface area contributed by atoms with Crippen LogP contribution in [0.25, 0.3) is 5.69 Å². The van der Waals surface area contributed by atoms with Crippen LogP contribution in [0.1, 0.15) is 5.56 Å². The third kappa shape index (κ3) is 4.23. The second-order valence-electron chi connectivity index (χ2n) is 5.26. The predicted octanol–water partition coefficient (Wildman–Crippen LogP) is 4.05. The molecule has 0 aliphatic rings. The second kappa shape index (κ2) is 7.08. The van der Waals surface area contributed by atoms with Crippen molar-refractivity contribution < 1.29 is 18.3 Å². The van der Waals surface area contributed by atoms with E-state index in [1.165, 1.54) is 41.2 Å². The highest BCUT2D eigenvalue weighted by Crippen LogP contribution is 2.37. The molecule has 0 aliphatic carbocycles. The number of hydrogen-bond acceptors (Lipinski definition) is 4. The summed E-state index contributed by atoms with van der Waals surface area (Å²) in [5, 5.41) is 10.3. The molecule has 26 heavy (non-hydrogen) atoms. The molecule has 2 heterocycles. The van der Waals surface area contributed by atoms with Gasteiger partial charge < -0.3 is 5.11 Å². The number of alkyl halides is 3. The molecule has 0 saturated carbocycles. The second-order valence-corrected chi connectivity index (χ2v) is 6.79. The van der Waals surface area contributed by atoms with Crippen LogP contribution in [0.4, 0.5) is 13.2 Å². The van der Waals surface area contributed by atoms with Gasteiger partial charge in [0.15, 0.2) is 0 Å². The standard InChI is InChI=1S/C16H11ClF3N3O2S/c17-13-7-10(5-6-21-13)8-22-9-14(24)23(15(22)25)11-1-3-12(4-2-11)26-16(18,19)20/h1-7,9,24H,8H2. The van der Waals surface area contributed by atoms with Crippen molar-refractivity contribution in [1.82, 2.24) is 14.1 Å². The summed E-state index contributed by atoms with van der Waals surface area (Å²) in [6, 6.07) is 8.41. The summed E-state index contributed by atoms with van der Waals surface area (Å²) in [7, 11) is 0. The zero-order valence-electron chi connectivity index (χ0n) is 12.9. The zero-order chi connectivity index (χ0) is 18.9. The van der Waals surface area contributed by atoms with E-state index in [1.807, 2.05) is 0 Å². The number of thioether (sulfide) groups is 1. The maximum absolute atomic E-state index is 12.5. The molecule has 0 saturated heterocycles. The van der Waals surface area contributed by atoms with Gasteiger partial charge in [-0.2, -0.15) is 13.2 Å². The minimum absolute atomic E-state index is 0.0142. The van der Waals surface area contributed by atoms with Crippen molar-refractivity contribution in [2.75, 3.05) is 0 Å². The van der Waals surface area contributed by atoms with E-state index in [0.29, 0.717) is 5.56 Å². The van der Waals surface area contributed by atoms with Gasteiger partial charge in [-0.15, -0.1) is 0 Å². The summed E-state index contributed by atoms with van der Waals surface area (Å²) in [6.45, 7) is 0.156. The molecule has 3 aromatic rings. The number of halogens is 4. The first-order valence-corrected chi connectivity index (χ1v) is 8.40. The summed E-state index contributed by atoms with van der Waals surface area (Å²) < 4.78 is 39.4. The summed E-state index contributed by atoms with van der Waals surface area (Å²) in [6.07, 6.45) is 2.74. The molecule has 0 atom stereocenters. The smallest absolute Gasteiger partial charge is 0.446 e. The molecule has 0 bridgehead atoms. The minimum atomic E-state index is -4.39. The molecule has 0 aliphatic heterocycles. The Hall–Kier alpha value is -2.39. The maximum atomic E-state index is 12.5. The lowest BCUT2D eigenvalue weighted by Gasteiger charge is -2.07. The number of benzene rings is 1. The van der Waals surface area contributed by atoms with Gasteiger partial charge >= 0.3 is 11.2 Å². The van der Waals surface area contributed by atoms with E-state index in [4.69, 9.17) is 11.6 Å². The fraction of sp³-hybridized carbons (Fsp3) is 0.125. The number of imidazole rings is 1. The third-order valence-electron chi connectivity index (χ3n) is 3.41. The molecule has 5 nitrogen and oxygen atoms in total. The van der Waals surface area contributed by atoms with Gasteiger partial charge in [-0.25, -0.2) is 14.3 Å². The highest BCUT2D eigenvalue weighted by atomic mass is 35.5. The highest BCUT2D eigenvalue weighted by molar-refractivity contribution is 8.00. The molecule has 0 unspecified atom stereocenters. The average molecular weight is 402 g/mol. The summed E-state index contributed by atoms with van der Waals surface area (Å²) in [5.41, 5.74) is -3.96. The van der Waals surface area contributed by atoms with Gasteiger partial charge in [-0.1, -0.05) is 11.6 Å². The van der Waals surface area contributed by atoms with E-state index < -0.39 is 11.2 Å². The van der Waals surface area contributed by atoms with Crippen molar-refractivity contribution in [1.29, 1.82) is 0 Å². The fourth-order valence-corrected chi connectivity index (χ4v) is 3.11. The molecule has 136 valence electrons. The Morgan fingerprint density at radius 3 is 2.50 bits per heavy atom. The van der Waals surface area contributed by atoms with Crippen LogP contribution in [0.2, 0.25) is 5.15 Å². The Labute approximate surface area is 154 Å². The Morgan fingerprint density at radius 2 is 1.88 bits per heavy atom. The first-order valence-electron chi connectivity index (χ1n) is 7.21. The third-order valence-corrected chi connectivity index (χ3v) is 4.36. The van der Waals surface area contributed by atoms with Crippen LogP contribution >= 0.6 is 23.4 Å². The van der Waals surface area contributed by atoms with Gasteiger partial charge in [0.05, 0.1) is 18.4 Å². The quantitative estimate of drug-likeness (QED) is 0.529. The number of hydrogen-bond donors (Lipinski definition) is 1. The van der Waals surface area contributed by atoms with E-state index in [-0.39, 0.29) is 39.9 Å². The molecule has 0 amide bonds. The van der Waals surface area contributed by atoms with Crippen LogP contribution in [0.5, 0.6) is 5.88 Å². The Balaban J connectivity index is 1.89. The molecular weight excluding hydrogens is 391 g/mol. The van der Waals surface area contributed by atoms with E-state index in [2.05, 4.69) is 4.98 Å². The molecule has 3 rings (SSSR count). The average Bonchev–Trinajstić information content (AvgIpc) is 2.81. The minimum Gasteiger partial charge on any atom is -0.493 e. The molecule has 2 aromatic heterocycles. The van der Waals surface area contributed by atoms with E-state index in [0.717, 1.165) is 4.57 Å². The van der Waals surface area contributed by atoms with Gasteiger partial charge in [0.1, 0.15) is 5.15 Å². The van der Waals surface area contributed by atoms with Crippen LogP contribution in [-0.4, -0.2) is 24.7 Å². The molecule has 0 fully saturated rings. The maximum Gasteiger partial charge on any atom is 0.446 e. The van der Waals surface area contributed by atoms with Crippen LogP contribution in [-0.2, 0) is 6.54 Å². The van der Waals surface area contributed by atoms with Gasteiger partial charge in [-0.3, -0.25) is 4.57 Å². The lowest BCUT2D eigenvalue weighted by atomic mass is 10.3. The van der Waals surface area contributed by atoms with Crippen molar-refractivity contribution in [2.24, 2.45) is 0 Å². The van der Waals surface area contributed by atoms with Crippen molar-refractivity contribution in [3.8, 4) is 11.6 Å². The van der Waals surface area contributed by atoms with Crippen molar-refractivity contribution in [3.63, 3.8) is 0 Å². The molecular formula is C16H11ClF3N3O2S. The van der Waals surface area contributed by atoms with Crippen molar-refractivity contribution >= 4 is 23.4 Å². The fourth-order valence-electron chi connectivity index (χ4n) is 2.37. The zero-order valence-corrected chi connectivity index (χ0v) is 14.5. The normalized spacial score (nSPS) is 11.7. The number of rotatable bonds is 4. The monoisotopic (exact) mass is 401 g/mol. The topological polar surface area (TPSA) is 60.1 Å². The van der Waals surface area contributed by atoms with Crippen LogP contribution in [0, 0.1) is 0 Å². The first kappa shape index (κ1) is 18.4. The summed E-state index contributed by atoms with van der Waals surface area (Å²) in [5.74, 6) is -0.327. The summed E-state index contributed by atoms with van der Waals surface area (Å²) in [4.78, 5) is 16.4. The lowest BCUT2D eigenvalue weighted by molar-refractivity contribution is -0.0328. The molecule has 1 N–H and O–H groups in total. The van der Waals surface area contributed by atoms with E-state index in [1.54, 1.807) is 12.1 Å². The number of aromatic nitrogens is 3. The summed E-state index contributed by atoms with van der Waals surface area (Å²) >= 11 is 5.56. The largest absolute Gasteiger partial charge is 0.493 e. The molecule has 0 spiro atoms. The van der Waals surface area contributed by atoms with Gasteiger partial charge in [0.25, 0.3) is 0 Å². The Morgan fingerprint density at radius 1 is 1.19 bits per heavy atom. The van der Waals surface area contributed by atoms with Crippen molar-refractivity contribution in [3.05, 3.63) is 70.0 Å². The Kier molecular flexibility index (Phi) is 5.01. The van der Waals surface area contributed by atoms with E-state index in [9.17, 15) is 23.1 Å². The van der Waals surface area contributed by atoms with Gasteiger partial charge in [0.2, 0.25) is 5.88 Å². The molecule has 10 heteroatoms. The first-order chi connectivity index (χ1) is 12.2. The molecule has 1 aromatic carbocycles. The van der Waals surface area contributed by atoms with Crippen molar-refractivity contribution in [2.45, 2.75) is 16.9 Å². The van der Waals surface area contributed by atoms with E-state index >= 15 is 0 Å². The lowest BCUT2D eigenvalue weighted by Crippen LogP contribution is -2.23. The predicted molar refractivity (Wildman–Crippen MR) is 92.0 cm³/mol. The van der Waals surface area contributed by atoms with Crippen LogP contribution < -0.4 is 5.69 Å².